The van der Waals surface area contributed by atoms with E-state index in [1.165, 1.54) is 6.07 Å². The van der Waals surface area contributed by atoms with E-state index in [1.54, 1.807) is 4.68 Å². The molecule has 0 aliphatic heterocycles. The van der Waals surface area contributed by atoms with Crippen molar-refractivity contribution in [2.75, 3.05) is 5.73 Å². The Bertz CT molecular complexity index is 680. The average Bonchev–Trinajstić information content (AvgIpc) is 3.00. The zero-order valence-electron chi connectivity index (χ0n) is 12.0. The van der Waals surface area contributed by atoms with E-state index in [0.29, 0.717) is 5.82 Å². The average molecular weight is 293 g/mol. The summed E-state index contributed by atoms with van der Waals surface area (Å²) in [6.45, 7) is 4.38. The topological polar surface area (TPSA) is 69.6 Å². The SMILES string of the molecule is CC1(C)CCC(n2nnnc2-c2cc(N)c(F)cc2F)C1. The molecule has 1 heterocycles. The predicted octanol–water partition coefficient (Wildman–Crippen LogP) is 2.95. The van der Waals surface area contributed by atoms with Gasteiger partial charge in [-0.15, -0.1) is 5.10 Å². The number of aromatic nitrogens is 4. The second-order valence-corrected chi connectivity index (χ2v) is 6.36. The molecule has 0 amide bonds. The van der Waals surface area contributed by atoms with Crippen molar-refractivity contribution >= 4 is 5.69 Å². The first-order valence-corrected chi connectivity index (χ1v) is 6.90. The Morgan fingerprint density at radius 1 is 1.29 bits per heavy atom. The second-order valence-electron chi connectivity index (χ2n) is 6.36. The highest BCUT2D eigenvalue weighted by Crippen LogP contribution is 2.44. The van der Waals surface area contributed by atoms with Crippen LogP contribution >= 0.6 is 0 Å². The summed E-state index contributed by atoms with van der Waals surface area (Å²) in [5.74, 6) is -1.20. The molecule has 1 saturated carbocycles. The first-order valence-electron chi connectivity index (χ1n) is 6.90. The largest absolute Gasteiger partial charge is 0.396 e. The van der Waals surface area contributed by atoms with Crippen molar-refractivity contribution in [1.29, 1.82) is 0 Å². The maximum atomic E-state index is 14.0. The molecular formula is C14H17F2N5. The lowest BCUT2D eigenvalue weighted by atomic mass is 9.92. The van der Waals surface area contributed by atoms with Crippen LogP contribution in [0.1, 0.15) is 39.2 Å². The maximum Gasteiger partial charge on any atom is 0.185 e. The van der Waals surface area contributed by atoms with Gasteiger partial charge in [0.05, 0.1) is 17.3 Å². The molecule has 1 unspecified atom stereocenters. The highest BCUT2D eigenvalue weighted by atomic mass is 19.1. The minimum absolute atomic E-state index is 0.118. The van der Waals surface area contributed by atoms with Gasteiger partial charge in [0.25, 0.3) is 0 Å². The van der Waals surface area contributed by atoms with E-state index >= 15 is 0 Å². The Labute approximate surface area is 121 Å². The van der Waals surface area contributed by atoms with E-state index in [2.05, 4.69) is 29.4 Å². The summed E-state index contributed by atoms with van der Waals surface area (Å²) in [6, 6.07) is 2.13. The smallest absolute Gasteiger partial charge is 0.185 e. The number of hydrogen-bond acceptors (Lipinski definition) is 4. The lowest BCUT2D eigenvalue weighted by molar-refractivity contribution is 0.348. The van der Waals surface area contributed by atoms with Crippen molar-refractivity contribution in [2.45, 2.75) is 39.2 Å². The Morgan fingerprint density at radius 3 is 2.71 bits per heavy atom. The number of nitrogens with two attached hydrogens (primary N) is 1. The van der Waals surface area contributed by atoms with Crippen LogP contribution in [0.25, 0.3) is 11.4 Å². The minimum atomic E-state index is -0.780. The van der Waals surface area contributed by atoms with Crippen molar-refractivity contribution in [2.24, 2.45) is 5.41 Å². The molecule has 2 aromatic rings. The lowest BCUT2D eigenvalue weighted by Crippen LogP contribution is -2.12. The molecule has 21 heavy (non-hydrogen) atoms. The first-order chi connectivity index (χ1) is 9.87. The molecule has 1 aromatic heterocycles. The summed E-state index contributed by atoms with van der Waals surface area (Å²) >= 11 is 0. The number of hydrogen-bond donors (Lipinski definition) is 1. The molecule has 2 N–H and O–H groups in total. The Hall–Kier alpha value is -2.05. The summed E-state index contributed by atoms with van der Waals surface area (Å²) < 4.78 is 28.9. The van der Waals surface area contributed by atoms with E-state index in [-0.39, 0.29) is 22.7 Å². The van der Waals surface area contributed by atoms with Crippen LogP contribution in [0.5, 0.6) is 0 Å². The van der Waals surface area contributed by atoms with Crippen LogP contribution in [-0.2, 0) is 0 Å². The van der Waals surface area contributed by atoms with Crippen molar-refractivity contribution < 1.29 is 8.78 Å². The third-order valence-electron chi connectivity index (χ3n) is 4.11. The van der Waals surface area contributed by atoms with Gasteiger partial charge in [0, 0.05) is 6.07 Å². The normalized spacial score (nSPS) is 20.9. The van der Waals surface area contributed by atoms with Crippen LogP contribution in [0, 0.1) is 17.0 Å². The van der Waals surface area contributed by atoms with Gasteiger partial charge in [-0.05, 0) is 41.2 Å². The highest BCUT2D eigenvalue weighted by Gasteiger charge is 2.34. The van der Waals surface area contributed by atoms with Crippen LogP contribution in [-0.4, -0.2) is 20.2 Å². The summed E-state index contributed by atoms with van der Waals surface area (Å²) in [6.07, 6.45) is 2.91. The molecule has 7 heteroatoms. The summed E-state index contributed by atoms with van der Waals surface area (Å²) in [5, 5.41) is 11.5. The van der Waals surface area contributed by atoms with E-state index in [9.17, 15) is 8.78 Å². The number of nitrogen functional groups attached to an aromatic ring is 1. The molecule has 0 spiro atoms. The lowest BCUT2D eigenvalue weighted by Gasteiger charge is -2.17. The third-order valence-corrected chi connectivity index (χ3v) is 4.11. The highest BCUT2D eigenvalue weighted by molar-refractivity contribution is 5.62. The van der Waals surface area contributed by atoms with E-state index in [1.807, 2.05) is 0 Å². The predicted molar refractivity (Wildman–Crippen MR) is 74.3 cm³/mol. The van der Waals surface area contributed by atoms with Crippen molar-refractivity contribution in [3.63, 3.8) is 0 Å². The first kappa shape index (κ1) is 13.9. The van der Waals surface area contributed by atoms with Gasteiger partial charge in [-0.25, -0.2) is 13.5 Å². The maximum absolute atomic E-state index is 14.0. The van der Waals surface area contributed by atoms with Crippen LogP contribution in [0.3, 0.4) is 0 Å². The number of tetrazole rings is 1. The zero-order valence-corrected chi connectivity index (χ0v) is 12.0. The van der Waals surface area contributed by atoms with Crippen LogP contribution < -0.4 is 5.73 Å². The van der Waals surface area contributed by atoms with Gasteiger partial charge < -0.3 is 5.73 Å². The summed E-state index contributed by atoms with van der Waals surface area (Å²) in [5.41, 5.74) is 5.75. The zero-order chi connectivity index (χ0) is 15.2. The van der Waals surface area contributed by atoms with Crippen LogP contribution in [0.15, 0.2) is 12.1 Å². The quantitative estimate of drug-likeness (QED) is 0.864. The number of halogens is 2. The van der Waals surface area contributed by atoms with Gasteiger partial charge in [-0.2, -0.15) is 0 Å². The molecule has 5 nitrogen and oxygen atoms in total. The van der Waals surface area contributed by atoms with E-state index < -0.39 is 11.6 Å². The molecule has 1 aliphatic carbocycles. The second kappa shape index (κ2) is 4.75. The van der Waals surface area contributed by atoms with Crippen molar-refractivity contribution in [1.82, 2.24) is 20.2 Å². The van der Waals surface area contributed by atoms with Gasteiger partial charge in [-0.3, -0.25) is 0 Å². The monoisotopic (exact) mass is 293 g/mol. The van der Waals surface area contributed by atoms with Crippen LogP contribution in [0.2, 0.25) is 0 Å². The van der Waals surface area contributed by atoms with Gasteiger partial charge >= 0.3 is 0 Å². The molecule has 0 radical (unpaired) electrons. The van der Waals surface area contributed by atoms with Crippen LogP contribution in [0.4, 0.5) is 14.5 Å². The summed E-state index contributed by atoms with van der Waals surface area (Å²) in [7, 11) is 0. The molecule has 112 valence electrons. The van der Waals surface area contributed by atoms with Gasteiger partial charge in [0.15, 0.2) is 5.82 Å². The fourth-order valence-electron chi connectivity index (χ4n) is 2.96. The number of rotatable bonds is 2. The van der Waals surface area contributed by atoms with Gasteiger partial charge in [0.1, 0.15) is 11.6 Å². The Balaban J connectivity index is 2.02. The Kier molecular flexibility index (Phi) is 3.15. The van der Waals surface area contributed by atoms with Crippen molar-refractivity contribution in [3.8, 4) is 11.4 Å². The molecular weight excluding hydrogens is 276 g/mol. The third kappa shape index (κ3) is 2.48. The van der Waals surface area contributed by atoms with E-state index in [4.69, 9.17) is 5.73 Å². The number of anilines is 1. The van der Waals surface area contributed by atoms with Crippen molar-refractivity contribution in [3.05, 3.63) is 23.8 Å². The molecule has 3 rings (SSSR count). The Morgan fingerprint density at radius 2 is 2.05 bits per heavy atom. The minimum Gasteiger partial charge on any atom is -0.396 e. The standard InChI is InChI=1S/C14H17F2N5/c1-14(2)4-3-8(7-14)21-13(18-19-20-21)9-5-12(17)11(16)6-10(9)15/h5-6,8H,3-4,7,17H2,1-2H3. The molecule has 1 atom stereocenters. The number of nitrogens with zero attached hydrogens (tertiary/aromatic N) is 4. The molecule has 1 aliphatic rings. The van der Waals surface area contributed by atoms with Gasteiger partial charge in [-0.1, -0.05) is 13.8 Å². The molecule has 0 saturated heterocycles. The van der Waals surface area contributed by atoms with Gasteiger partial charge in [0.2, 0.25) is 0 Å². The molecule has 1 fully saturated rings. The van der Waals surface area contributed by atoms with E-state index in [0.717, 1.165) is 25.3 Å². The molecule has 1 aromatic carbocycles. The summed E-state index contributed by atoms with van der Waals surface area (Å²) in [4.78, 5) is 0. The molecule has 0 bridgehead atoms. The fraction of sp³-hybridized carbons (Fsp3) is 0.500. The fourth-order valence-corrected chi connectivity index (χ4v) is 2.96. The number of benzene rings is 1.